The van der Waals surface area contributed by atoms with Crippen LogP contribution in [-0.2, 0) is 0 Å². The first-order chi connectivity index (χ1) is 7.08. The Hall–Kier alpha value is 0.270. The summed E-state index contributed by atoms with van der Waals surface area (Å²) in [6, 6.07) is 0. The summed E-state index contributed by atoms with van der Waals surface area (Å²) in [6.07, 6.45) is 3.50. The molecule has 2 nitrogen and oxygen atoms in total. The molecule has 3 heteroatoms. The predicted molar refractivity (Wildman–Crippen MR) is 70.6 cm³/mol. The number of hydrogen-bond acceptors (Lipinski definition) is 3. The van der Waals surface area contributed by atoms with E-state index in [1.165, 1.54) is 24.3 Å². The maximum absolute atomic E-state index is 9.20. The van der Waals surface area contributed by atoms with Crippen molar-refractivity contribution in [3.05, 3.63) is 0 Å². The van der Waals surface area contributed by atoms with Crippen LogP contribution in [0.2, 0.25) is 0 Å². The minimum absolute atomic E-state index is 0.0864. The maximum Gasteiger partial charge on any atom is 0.0610 e. The summed E-state index contributed by atoms with van der Waals surface area (Å²) in [4.78, 5) is 0. The third-order valence-electron chi connectivity index (χ3n) is 3.07. The molecule has 0 amide bonds. The van der Waals surface area contributed by atoms with Gasteiger partial charge in [-0.2, -0.15) is 11.8 Å². The fourth-order valence-electron chi connectivity index (χ4n) is 1.25. The second-order valence-corrected chi connectivity index (χ2v) is 5.81. The Morgan fingerprint density at radius 2 is 2.13 bits per heavy atom. The molecule has 0 radical (unpaired) electrons. The first-order valence-corrected chi connectivity index (χ1v) is 7.11. The standard InChI is InChI=1S/C12H27NOS/c1-5-11(2)9-15-8-6-7-12(3,10-14)13-4/h11,13-14H,5-10H2,1-4H3. The van der Waals surface area contributed by atoms with Crippen molar-refractivity contribution in [1.82, 2.24) is 5.32 Å². The number of aliphatic hydroxyl groups excluding tert-OH is 1. The molecule has 92 valence electrons. The maximum atomic E-state index is 9.20. The van der Waals surface area contributed by atoms with E-state index in [-0.39, 0.29) is 12.1 Å². The smallest absolute Gasteiger partial charge is 0.0610 e. The van der Waals surface area contributed by atoms with Crippen LogP contribution >= 0.6 is 11.8 Å². The molecule has 2 N–H and O–H groups in total. The second-order valence-electron chi connectivity index (χ2n) is 4.66. The number of likely N-dealkylation sites (N-methyl/N-ethyl adjacent to an activating group) is 1. The molecule has 0 spiro atoms. The summed E-state index contributed by atoms with van der Waals surface area (Å²) in [6.45, 7) is 6.85. The number of rotatable bonds is 9. The van der Waals surface area contributed by atoms with E-state index in [9.17, 15) is 5.11 Å². The van der Waals surface area contributed by atoms with Crippen molar-refractivity contribution >= 4 is 11.8 Å². The molecule has 0 heterocycles. The van der Waals surface area contributed by atoms with Gasteiger partial charge in [-0.15, -0.1) is 0 Å². The lowest BCUT2D eigenvalue weighted by Gasteiger charge is -2.26. The summed E-state index contributed by atoms with van der Waals surface area (Å²) in [5.41, 5.74) is -0.0864. The van der Waals surface area contributed by atoms with Crippen LogP contribution in [0.4, 0.5) is 0 Å². The lowest BCUT2D eigenvalue weighted by molar-refractivity contribution is 0.173. The third kappa shape index (κ3) is 7.20. The van der Waals surface area contributed by atoms with Gasteiger partial charge in [0.15, 0.2) is 0 Å². The lowest BCUT2D eigenvalue weighted by Crippen LogP contribution is -2.43. The number of hydrogen-bond donors (Lipinski definition) is 2. The summed E-state index contributed by atoms with van der Waals surface area (Å²) >= 11 is 2.04. The minimum Gasteiger partial charge on any atom is -0.394 e. The molecule has 0 aliphatic heterocycles. The fraction of sp³-hybridized carbons (Fsp3) is 1.00. The van der Waals surface area contributed by atoms with Gasteiger partial charge in [-0.25, -0.2) is 0 Å². The monoisotopic (exact) mass is 233 g/mol. The van der Waals surface area contributed by atoms with Gasteiger partial charge in [0.05, 0.1) is 6.61 Å². The zero-order chi connectivity index (χ0) is 11.7. The van der Waals surface area contributed by atoms with E-state index < -0.39 is 0 Å². The van der Waals surface area contributed by atoms with Crippen LogP contribution in [0.25, 0.3) is 0 Å². The van der Waals surface area contributed by atoms with Crippen LogP contribution in [0.5, 0.6) is 0 Å². The highest BCUT2D eigenvalue weighted by Gasteiger charge is 2.19. The Morgan fingerprint density at radius 3 is 2.60 bits per heavy atom. The second kappa shape index (κ2) is 8.43. The Morgan fingerprint density at radius 1 is 1.47 bits per heavy atom. The first-order valence-electron chi connectivity index (χ1n) is 5.95. The summed E-state index contributed by atoms with van der Waals surface area (Å²) < 4.78 is 0. The Bertz CT molecular complexity index is 149. The molecule has 2 atom stereocenters. The fourth-order valence-corrected chi connectivity index (χ4v) is 2.40. The highest BCUT2D eigenvalue weighted by atomic mass is 32.2. The summed E-state index contributed by atoms with van der Waals surface area (Å²) in [7, 11) is 1.92. The summed E-state index contributed by atoms with van der Waals surface area (Å²) in [5, 5.41) is 12.4. The quantitative estimate of drug-likeness (QED) is 0.600. The van der Waals surface area contributed by atoms with Crippen molar-refractivity contribution < 1.29 is 5.11 Å². The normalized spacial score (nSPS) is 17.4. The van der Waals surface area contributed by atoms with Gasteiger partial charge in [0.2, 0.25) is 0 Å². The molecule has 0 fully saturated rings. The molecule has 0 aliphatic rings. The molecular weight excluding hydrogens is 206 g/mol. The van der Waals surface area contributed by atoms with Gasteiger partial charge in [0.25, 0.3) is 0 Å². The molecule has 0 bridgehead atoms. The zero-order valence-electron chi connectivity index (χ0n) is 10.7. The van der Waals surface area contributed by atoms with Crippen molar-refractivity contribution in [3.8, 4) is 0 Å². The minimum atomic E-state index is -0.0864. The molecular formula is C12H27NOS. The van der Waals surface area contributed by atoms with Crippen LogP contribution in [0, 0.1) is 5.92 Å². The number of thioether (sulfide) groups is 1. The zero-order valence-corrected chi connectivity index (χ0v) is 11.5. The average molecular weight is 233 g/mol. The van der Waals surface area contributed by atoms with Crippen molar-refractivity contribution in [2.75, 3.05) is 25.2 Å². The molecule has 2 unspecified atom stereocenters. The van der Waals surface area contributed by atoms with Crippen molar-refractivity contribution in [2.45, 2.75) is 45.6 Å². The topological polar surface area (TPSA) is 32.3 Å². The largest absolute Gasteiger partial charge is 0.394 e. The van der Waals surface area contributed by atoms with E-state index in [1.807, 2.05) is 18.8 Å². The molecule has 0 aliphatic carbocycles. The molecule has 0 rings (SSSR count). The van der Waals surface area contributed by atoms with E-state index >= 15 is 0 Å². The van der Waals surface area contributed by atoms with Gasteiger partial charge < -0.3 is 10.4 Å². The van der Waals surface area contributed by atoms with Gasteiger partial charge >= 0.3 is 0 Å². The number of nitrogens with one attached hydrogen (secondary N) is 1. The Labute approximate surface area is 99.2 Å². The van der Waals surface area contributed by atoms with Gasteiger partial charge in [-0.3, -0.25) is 0 Å². The van der Waals surface area contributed by atoms with Gasteiger partial charge in [0.1, 0.15) is 0 Å². The molecule has 0 aromatic carbocycles. The SMILES string of the molecule is CCC(C)CSCCCC(C)(CO)NC. The van der Waals surface area contributed by atoms with E-state index in [2.05, 4.69) is 26.1 Å². The van der Waals surface area contributed by atoms with Gasteiger partial charge in [0, 0.05) is 5.54 Å². The van der Waals surface area contributed by atoms with Crippen molar-refractivity contribution in [1.29, 1.82) is 0 Å². The Balaban J connectivity index is 3.45. The molecule has 15 heavy (non-hydrogen) atoms. The molecule has 0 aromatic rings. The van der Waals surface area contributed by atoms with Crippen LogP contribution < -0.4 is 5.32 Å². The van der Waals surface area contributed by atoms with Gasteiger partial charge in [-0.1, -0.05) is 20.3 Å². The molecule has 0 aromatic heterocycles. The van der Waals surface area contributed by atoms with E-state index in [4.69, 9.17) is 0 Å². The summed E-state index contributed by atoms with van der Waals surface area (Å²) in [5.74, 6) is 3.32. The number of aliphatic hydroxyl groups is 1. The van der Waals surface area contributed by atoms with Crippen molar-refractivity contribution in [2.24, 2.45) is 5.92 Å². The lowest BCUT2D eigenvalue weighted by atomic mass is 9.98. The van der Waals surface area contributed by atoms with Crippen molar-refractivity contribution in [3.63, 3.8) is 0 Å². The van der Waals surface area contributed by atoms with Gasteiger partial charge in [-0.05, 0) is 44.2 Å². The predicted octanol–water partition coefficient (Wildman–Crippen LogP) is 2.52. The highest BCUT2D eigenvalue weighted by Crippen LogP contribution is 2.16. The first kappa shape index (κ1) is 15.3. The average Bonchev–Trinajstić information content (AvgIpc) is 2.27. The molecule has 0 saturated carbocycles. The molecule has 0 saturated heterocycles. The van der Waals surface area contributed by atoms with E-state index in [1.54, 1.807) is 0 Å². The van der Waals surface area contributed by atoms with E-state index in [0.717, 1.165) is 12.3 Å². The van der Waals surface area contributed by atoms with Crippen LogP contribution in [-0.4, -0.2) is 35.8 Å². The van der Waals surface area contributed by atoms with Crippen LogP contribution in [0.1, 0.15) is 40.0 Å². The third-order valence-corrected chi connectivity index (χ3v) is 4.45. The highest BCUT2D eigenvalue weighted by molar-refractivity contribution is 7.99. The Kier molecular flexibility index (Phi) is 8.58. The van der Waals surface area contributed by atoms with Crippen LogP contribution in [0.15, 0.2) is 0 Å². The van der Waals surface area contributed by atoms with Crippen LogP contribution in [0.3, 0.4) is 0 Å². The van der Waals surface area contributed by atoms with E-state index in [0.29, 0.717) is 0 Å².